The minimum absolute atomic E-state index is 0.00868. The number of aryl methyl sites for hydroxylation is 1. The number of carbonyl (C=O) groups excluding carboxylic acids is 3. The molecular weight excluding hydrogens is 797 g/mol. The molecule has 20 heteroatoms. The Morgan fingerprint density at radius 2 is 1.64 bits per heavy atom. The fourth-order valence-electron chi connectivity index (χ4n) is 8.62. The molecule has 2 saturated carbocycles. The van der Waals surface area contributed by atoms with Gasteiger partial charge in [-0.2, -0.15) is 0 Å². The van der Waals surface area contributed by atoms with Crippen molar-refractivity contribution in [2.24, 2.45) is 17.8 Å². The predicted octanol–water partition coefficient (Wildman–Crippen LogP) is -0.277. The Bertz CT molecular complexity index is 1550. The van der Waals surface area contributed by atoms with E-state index >= 15 is 0 Å². The third-order valence-electron chi connectivity index (χ3n) is 11.9. The molecule has 15 atom stereocenters. The van der Waals surface area contributed by atoms with Gasteiger partial charge in [-0.25, -0.2) is 9.78 Å². The van der Waals surface area contributed by atoms with Crippen LogP contribution in [0.3, 0.4) is 0 Å². The largest absolute Gasteiger partial charge is 0.479 e. The summed E-state index contributed by atoms with van der Waals surface area (Å²) in [4.78, 5) is 55.7. The van der Waals surface area contributed by atoms with Crippen LogP contribution < -0.4 is 16.0 Å². The van der Waals surface area contributed by atoms with Crippen LogP contribution in [0, 0.1) is 24.7 Å². The Balaban J connectivity index is 1.39. The van der Waals surface area contributed by atoms with Gasteiger partial charge in [-0.3, -0.25) is 14.4 Å². The number of hydrogen-bond donors (Lipinski definition) is 9. The number of nitrogens with one attached hydrogen (secondary N) is 3. The van der Waals surface area contributed by atoms with Crippen molar-refractivity contribution in [2.45, 2.75) is 165 Å². The van der Waals surface area contributed by atoms with Crippen LogP contribution in [0.2, 0.25) is 0 Å². The first-order valence-electron chi connectivity index (χ1n) is 20.7. The average molecular weight is 859 g/mol. The highest BCUT2D eigenvalue weighted by Crippen LogP contribution is 2.40. The second-order valence-electron chi connectivity index (χ2n) is 16.2. The number of ether oxygens (including phenoxy) is 5. The lowest BCUT2D eigenvalue weighted by molar-refractivity contribution is -0.338. The van der Waals surface area contributed by atoms with E-state index < -0.39 is 110 Å². The maximum absolute atomic E-state index is 13.8. The maximum atomic E-state index is 13.8. The van der Waals surface area contributed by atoms with Crippen molar-refractivity contribution >= 4 is 35.0 Å². The van der Waals surface area contributed by atoms with Crippen molar-refractivity contribution in [2.75, 3.05) is 19.7 Å². The van der Waals surface area contributed by atoms with Crippen LogP contribution in [0.5, 0.6) is 0 Å². The number of aliphatic hydroxyl groups excluding tert-OH is 5. The van der Waals surface area contributed by atoms with Crippen LogP contribution >= 0.6 is 11.3 Å². The molecule has 59 heavy (non-hydrogen) atoms. The van der Waals surface area contributed by atoms with Gasteiger partial charge in [-0.1, -0.05) is 45.4 Å². The van der Waals surface area contributed by atoms with Crippen molar-refractivity contribution < 1.29 is 73.5 Å². The molecule has 1 aromatic heterocycles. The van der Waals surface area contributed by atoms with Gasteiger partial charge in [0.2, 0.25) is 11.8 Å². The average Bonchev–Trinajstić information content (AvgIpc) is 3.66. The molecule has 3 amide bonds. The summed E-state index contributed by atoms with van der Waals surface area (Å²) in [5, 5.41) is 74.2. The molecule has 0 spiro atoms. The van der Waals surface area contributed by atoms with E-state index in [9.17, 15) is 49.8 Å². The van der Waals surface area contributed by atoms with Gasteiger partial charge in [0, 0.05) is 37.0 Å². The van der Waals surface area contributed by atoms with Crippen molar-refractivity contribution in [1.82, 2.24) is 20.9 Å². The topological polar surface area (TPSA) is 285 Å². The van der Waals surface area contributed by atoms with Gasteiger partial charge < -0.3 is 70.3 Å². The lowest BCUT2D eigenvalue weighted by Crippen LogP contribution is -2.67. The molecule has 4 fully saturated rings. The molecule has 2 saturated heterocycles. The third kappa shape index (κ3) is 12.2. The van der Waals surface area contributed by atoms with E-state index in [1.54, 1.807) is 12.3 Å². The van der Waals surface area contributed by atoms with Crippen LogP contribution in [-0.4, -0.2) is 159 Å². The quantitative estimate of drug-likeness (QED) is 0.0912. The number of aliphatic hydroxyl groups is 5. The highest BCUT2D eigenvalue weighted by Gasteiger charge is 2.53. The van der Waals surface area contributed by atoms with E-state index in [4.69, 9.17) is 23.7 Å². The summed E-state index contributed by atoms with van der Waals surface area (Å²) in [5.74, 6) is -3.59. The number of amides is 3. The van der Waals surface area contributed by atoms with Crippen molar-refractivity contribution in [3.8, 4) is 0 Å². The molecule has 0 radical (unpaired) electrons. The Kier molecular flexibility index (Phi) is 17.4. The van der Waals surface area contributed by atoms with Crippen LogP contribution in [0.4, 0.5) is 0 Å². The summed E-state index contributed by atoms with van der Waals surface area (Å²) in [6.07, 6.45) is -10.7. The standard InChI is InChI=1S/C39H62N4O15S/c1-5-22-14-23(34(50)40-11-12-41-35(51)36-42-18(2)17-59-36)15-24(32(22)58-39-31(49)30(48)28(46)19(3)54-39)56-38-27(43-20(4)45)33(29(47)26(16-44)57-38)55-25(37(52)53)13-21-9-7-6-8-10-21/h17,19,21-33,38-39,44,46-49H,5-16H2,1-4H3,(H,40,50)(H,41,51)(H,43,45)(H,52,53)/t19?,22-,23?,24?,25+,26-,27?,28?,29?,30?,31?,32?,33?,38-,39?/m1/s1. The van der Waals surface area contributed by atoms with Gasteiger partial charge in [0.25, 0.3) is 5.91 Å². The summed E-state index contributed by atoms with van der Waals surface area (Å²) < 4.78 is 31.0. The molecular formula is C39H62N4O15S. The lowest BCUT2D eigenvalue weighted by Gasteiger charge is -2.49. The molecule has 2 aliphatic heterocycles. The Morgan fingerprint density at radius 1 is 0.932 bits per heavy atom. The molecule has 5 rings (SSSR count). The summed E-state index contributed by atoms with van der Waals surface area (Å²) in [6, 6.07) is -1.31. The van der Waals surface area contributed by atoms with Crippen LogP contribution in [0.25, 0.3) is 0 Å². The number of carbonyl (C=O) groups is 4. The molecule has 0 aromatic carbocycles. The number of carboxylic acid groups (broad SMARTS) is 1. The molecule has 9 N–H and O–H groups in total. The summed E-state index contributed by atoms with van der Waals surface area (Å²) in [7, 11) is 0. The van der Waals surface area contributed by atoms with E-state index in [-0.39, 0.29) is 50.1 Å². The summed E-state index contributed by atoms with van der Waals surface area (Å²) >= 11 is 1.21. The monoisotopic (exact) mass is 858 g/mol. The van der Waals surface area contributed by atoms with Crippen molar-refractivity contribution in [3.63, 3.8) is 0 Å². The fraction of sp³-hybridized carbons (Fsp3) is 0.821. The molecule has 1 aromatic rings. The Hall–Kier alpha value is -2.89. The number of hydrogen-bond acceptors (Lipinski definition) is 16. The molecule has 4 aliphatic rings. The van der Waals surface area contributed by atoms with Gasteiger partial charge in [-0.15, -0.1) is 11.3 Å². The van der Waals surface area contributed by atoms with Gasteiger partial charge in [0.05, 0.1) is 24.9 Å². The zero-order chi connectivity index (χ0) is 43.0. The van der Waals surface area contributed by atoms with Crippen molar-refractivity contribution in [1.29, 1.82) is 0 Å². The SMILES string of the molecule is CC[C@@H]1CC(C(=O)NCCNC(=O)c2nc(C)cs2)CC(O[C@@H]2O[C@H](CO)C(O)C(O[C@@H](CC3CCCCC3)C(=O)O)C2NC(C)=O)C1OC1OC(C)C(O)C(O)C1O. The zero-order valence-electron chi connectivity index (χ0n) is 34.0. The Labute approximate surface area is 347 Å². The highest BCUT2D eigenvalue weighted by molar-refractivity contribution is 7.11. The van der Waals surface area contributed by atoms with Crippen LogP contribution in [0.1, 0.15) is 94.1 Å². The number of aliphatic carboxylic acids is 1. The number of carboxylic acids is 1. The first kappa shape index (κ1) is 47.2. The summed E-state index contributed by atoms with van der Waals surface area (Å²) in [6.45, 7) is 5.88. The van der Waals surface area contributed by atoms with Crippen molar-refractivity contribution in [3.05, 3.63) is 16.1 Å². The molecule has 334 valence electrons. The smallest absolute Gasteiger partial charge is 0.332 e. The summed E-state index contributed by atoms with van der Waals surface area (Å²) in [5.41, 5.74) is 0.718. The number of nitrogens with zero attached hydrogens (tertiary/aromatic N) is 1. The molecule has 3 heterocycles. The third-order valence-corrected chi connectivity index (χ3v) is 12.8. The second kappa shape index (κ2) is 21.8. The zero-order valence-corrected chi connectivity index (χ0v) is 34.8. The van der Waals surface area contributed by atoms with Gasteiger partial charge in [0.1, 0.15) is 42.7 Å². The second-order valence-corrected chi connectivity index (χ2v) is 17.1. The highest BCUT2D eigenvalue weighted by atomic mass is 32.1. The number of rotatable bonds is 17. The van der Waals surface area contributed by atoms with Gasteiger partial charge >= 0.3 is 5.97 Å². The molecule has 2 aliphatic carbocycles. The maximum Gasteiger partial charge on any atom is 0.332 e. The molecule has 0 bridgehead atoms. The number of aromatic nitrogens is 1. The van der Waals surface area contributed by atoms with E-state index in [1.807, 2.05) is 6.92 Å². The first-order valence-corrected chi connectivity index (χ1v) is 21.6. The predicted molar refractivity (Wildman–Crippen MR) is 208 cm³/mol. The van der Waals surface area contributed by atoms with Crippen LogP contribution in [-0.2, 0) is 38.1 Å². The van der Waals surface area contributed by atoms with E-state index in [0.717, 1.165) is 37.8 Å². The fourth-order valence-corrected chi connectivity index (χ4v) is 9.33. The van der Waals surface area contributed by atoms with Gasteiger partial charge in [-0.05, 0) is 44.9 Å². The normalized spacial score (nSPS) is 36.0. The van der Waals surface area contributed by atoms with Crippen LogP contribution in [0.15, 0.2) is 5.38 Å². The van der Waals surface area contributed by atoms with E-state index in [2.05, 4.69) is 20.9 Å². The Morgan fingerprint density at radius 3 is 2.27 bits per heavy atom. The number of thiazole rings is 1. The van der Waals surface area contributed by atoms with E-state index in [0.29, 0.717) is 11.4 Å². The van der Waals surface area contributed by atoms with Gasteiger partial charge in [0.15, 0.2) is 23.7 Å². The first-order chi connectivity index (χ1) is 28.1. The van der Waals surface area contributed by atoms with E-state index in [1.165, 1.54) is 25.2 Å². The molecule has 11 unspecified atom stereocenters. The minimum Gasteiger partial charge on any atom is -0.479 e. The lowest BCUT2D eigenvalue weighted by atomic mass is 9.75. The molecule has 19 nitrogen and oxygen atoms in total. The minimum atomic E-state index is -1.66.